The number of aryl methyl sites for hydroxylation is 1. The molecule has 0 fully saturated rings. The van der Waals surface area contributed by atoms with E-state index < -0.39 is 28.5 Å². The maximum Gasteiger partial charge on any atom is 0.244 e. The molecule has 1 atom stereocenters. The molecule has 2 amide bonds. The van der Waals surface area contributed by atoms with Crippen LogP contribution in [-0.2, 0) is 26.2 Å². The Morgan fingerprint density at radius 1 is 1.09 bits per heavy atom. The van der Waals surface area contributed by atoms with E-state index in [2.05, 4.69) is 5.32 Å². The molecule has 1 N–H and O–H groups in total. The molecule has 0 saturated heterocycles. The van der Waals surface area contributed by atoms with E-state index in [0.29, 0.717) is 13.0 Å². The van der Waals surface area contributed by atoms with Crippen molar-refractivity contribution < 1.29 is 18.0 Å². The second kappa shape index (κ2) is 12.4. The van der Waals surface area contributed by atoms with Gasteiger partial charge in [0.1, 0.15) is 12.6 Å². The molecule has 2 aromatic carbocycles. The average molecular weight is 529 g/mol. The van der Waals surface area contributed by atoms with Gasteiger partial charge in [-0.15, -0.1) is 0 Å². The number of halogens is 2. The molecule has 0 unspecified atom stereocenters. The SMILES string of the molecule is CCCNC(=O)[C@H](CC)N(Cc1cccc(C)c1)C(=O)CN(c1cc(Cl)ccc1Cl)S(C)(=O)=O. The zero-order valence-corrected chi connectivity index (χ0v) is 22.2. The lowest BCUT2D eigenvalue weighted by atomic mass is 10.1. The van der Waals surface area contributed by atoms with Crippen molar-refractivity contribution in [2.75, 3.05) is 23.7 Å². The molecule has 0 aliphatic carbocycles. The van der Waals surface area contributed by atoms with Crippen LogP contribution in [0.1, 0.15) is 37.8 Å². The summed E-state index contributed by atoms with van der Waals surface area (Å²) in [4.78, 5) is 27.9. The number of hydrogen-bond donors (Lipinski definition) is 1. The number of sulfonamides is 1. The number of rotatable bonds is 11. The Bertz CT molecular complexity index is 1120. The highest BCUT2D eigenvalue weighted by atomic mass is 35.5. The third-order valence-electron chi connectivity index (χ3n) is 5.23. The van der Waals surface area contributed by atoms with Gasteiger partial charge in [-0.1, -0.05) is 66.9 Å². The largest absolute Gasteiger partial charge is 0.354 e. The van der Waals surface area contributed by atoms with Gasteiger partial charge in [0.05, 0.1) is 17.0 Å². The molecule has 0 aliphatic heterocycles. The lowest BCUT2D eigenvalue weighted by Gasteiger charge is -2.33. The number of nitrogens with one attached hydrogen (secondary N) is 1. The van der Waals surface area contributed by atoms with Crippen LogP contribution in [0.5, 0.6) is 0 Å². The molecule has 7 nitrogen and oxygen atoms in total. The molecule has 0 aliphatic rings. The van der Waals surface area contributed by atoms with Crippen molar-refractivity contribution in [3.05, 3.63) is 63.6 Å². The van der Waals surface area contributed by atoms with Crippen molar-refractivity contribution in [1.82, 2.24) is 10.2 Å². The van der Waals surface area contributed by atoms with Gasteiger partial charge in [-0.2, -0.15) is 0 Å². The summed E-state index contributed by atoms with van der Waals surface area (Å²) < 4.78 is 26.2. The molecule has 2 aromatic rings. The van der Waals surface area contributed by atoms with E-state index in [1.54, 1.807) is 0 Å². The van der Waals surface area contributed by atoms with Gasteiger partial charge in [0.25, 0.3) is 0 Å². The first-order valence-electron chi connectivity index (χ1n) is 11.0. The summed E-state index contributed by atoms with van der Waals surface area (Å²) in [6.45, 7) is 5.80. The number of nitrogens with zero attached hydrogens (tertiary/aromatic N) is 2. The molecule has 2 rings (SSSR count). The van der Waals surface area contributed by atoms with Crippen LogP contribution in [0.3, 0.4) is 0 Å². The molecular weight excluding hydrogens is 497 g/mol. The summed E-state index contributed by atoms with van der Waals surface area (Å²) in [6.07, 6.45) is 2.11. The Morgan fingerprint density at radius 2 is 1.79 bits per heavy atom. The normalized spacial score (nSPS) is 12.2. The van der Waals surface area contributed by atoms with E-state index in [0.717, 1.165) is 28.1 Å². The number of carbonyl (C=O) groups is 2. The Labute approximate surface area is 212 Å². The van der Waals surface area contributed by atoms with Gasteiger partial charge in [0, 0.05) is 18.1 Å². The van der Waals surface area contributed by atoms with Crippen LogP contribution in [0.25, 0.3) is 0 Å². The Hall–Kier alpha value is -2.29. The summed E-state index contributed by atoms with van der Waals surface area (Å²) in [5.41, 5.74) is 1.95. The molecular formula is C24H31Cl2N3O4S. The van der Waals surface area contributed by atoms with Crippen LogP contribution in [0, 0.1) is 6.92 Å². The molecule has 0 aromatic heterocycles. The molecule has 186 valence electrons. The van der Waals surface area contributed by atoms with Crippen LogP contribution < -0.4 is 9.62 Å². The number of benzene rings is 2. The van der Waals surface area contributed by atoms with E-state index in [-0.39, 0.29) is 28.2 Å². The summed E-state index contributed by atoms with van der Waals surface area (Å²) in [5, 5.41) is 3.26. The van der Waals surface area contributed by atoms with E-state index in [9.17, 15) is 18.0 Å². The van der Waals surface area contributed by atoms with Crippen molar-refractivity contribution >= 4 is 50.7 Å². The average Bonchev–Trinajstić information content (AvgIpc) is 2.76. The van der Waals surface area contributed by atoms with Gasteiger partial charge in [-0.25, -0.2) is 8.42 Å². The fraction of sp³-hybridized carbons (Fsp3) is 0.417. The van der Waals surface area contributed by atoms with E-state index in [1.807, 2.05) is 45.0 Å². The zero-order valence-electron chi connectivity index (χ0n) is 19.8. The Balaban J connectivity index is 2.47. The monoisotopic (exact) mass is 527 g/mol. The van der Waals surface area contributed by atoms with Crippen molar-refractivity contribution in [2.45, 2.75) is 46.2 Å². The summed E-state index contributed by atoms with van der Waals surface area (Å²) in [5.74, 6) is -0.807. The minimum absolute atomic E-state index is 0.101. The minimum atomic E-state index is -3.89. The van der Waals surface area contributed by atoms with Crippen LogP contribution in [0.2, 0.25) is 10.0 Å². The zero-order chi connectivity index (χ0) is 25.5. The Kier molecular flexibility index (Phi) is 10.2. The third-order valence-corrected chi connectivity index (χ3v) is 6.91. The maximum atomic E-state index is 13.6. The number of carbonyl (C=O) groups excluding carboxylic acids is 2. The first kappa shape index (κ1) is 28.0. The standard InChI is InChI=1S/C24H31Cl2N3O4S/c1-5-12-27-24(31)21(6-2)28(15-18-9-7-8-17(3)13-18)23(30)16-29(34(4,32)33)22-14-19(25)10-11-20(22)26/h7-11,13-14,21H,5-6,12,15-16H2,1-4H3,(H,27,31)/t21-/m0/s1. The third kappa shape index (κ3) is 7.61. The van der Waals surface area contributed by atoms with Gasteiger partial charge in [0.2, 0.25) is 21.8 Å². The maximum absolute atomic E-state index is 13.6. The molecule has 0 spiro atoms. The van der Waals surface area contributed by atoms with Gasteiger partial charge < -0.3 is 10.2 Å². The number of anilines is 1. The highest BCUT2D eigenvalue weighted by molar-refractivity contribution is 7.92. The summed E-state index contributed by atoms with van der Waals surface area (Å²) in [7, 11) is -3.89. The second-order valence-electron chi connectivity index (χ2n) is 8.09. The fourth-order valence-electron chi connectivity index (χ4n) is 3.56. The number of hydrogen-bond acceptors (Lipinski definition) is 4. The van der Waals surface area contributed by atoms with Crippen LogP contribution >= 0.6 is 23.2 Å². The molecule has 0 radical (unpaired) electrons. The fourth-order valence-corrected chi connectivity index (χ4v) is 4.85. The lowest BCUT2D eigenvalue weighted by Crippen LogP contribution is -2.52. The van der Waals surface area contributed by atoms with Crippen molar-refractivity contribution in [3.63, 3.8) is 0 Å². The van der Waals surface area contributed by atoms with Crippen molar-refractivity contribution in [3.8, 4) is 0 Å². The van der Waals surface area contributed by atoms with Gasteiger partial charge in [0.15, 0.2) is 0 Å². The van der Waals surface area contributed by atoms with E-state index in [1.165, 1.54) is 23.1 Å². The highest BCUT2D eigenvalue weighted by Gasteiger charge is 2.32. The number of amides is 2. The predicted octanol–water partition coefficient (Wildman–Crippen LogP) is 4.40. The van der Waals surface area contributed by atoms with E-state index >= 15 is 0 Å². The molecule has 34 heavy (non-hydrogen) atoms. The lowest BCUT2D eigenvalue weighted by molar-refractivity contribution is -0.140. The van der Waals surface area contributed by atoms with Gasteiger partial charge in [-0.05, 0) is 43.5 Å². The summed E-state index contributed by atoms with van der Waals surface area (Å²) in [6, 6.07) is 11.2. The topological polar surface area (TPSA) is 86.8 Å². The molecule has 10 heteroatoms. The molecule has 0 bridgehead atoms. The van der Waals surface area contributed by atoms with Crippen molar-refractivity contribution in [1.29, 1.82) is 0 Å². The van der Waals surface area contributed by atoms with Crippen LogP contribution in [0.15, 0.2) is 42.5 Å². The van der Waals surface area contributed by atoms with Crippen LogP contribution in [-0.4, -0.2) is 50.5 Å². The van der Waals surface area contributed by atoms with Gasteiger partial charge in [-0.3, -0.25) is 13.9 Å². The molecule has 0 saturated carbocycles. The minimum Gasteiger partial charge on any atom is -0.354 e. The highest BCUT2D eigenvalue weighted by Crippen LogP contribution is 2.31. The molecule has 0 heterocycles. The van der Waals surface area contributed by atoms with E-state index in [4.69, 9.17) is 23.2 Å². The second-order valence-corrected chi connectivity index (χ2v) is 10.8. The summed E-state index contributed by atoms with van der Waals surface area (Å²) >= 11 is 12.3. The first-order valence-corrected chi connectivity index (χ1v) is 13.6. The van der Waals surface area contributed by atoms with Crippen molar-refractivity contribution in [2.24, 2.45) is 0 Å². The quantitative estimate of drug-likeness (QED) is 0.469. The predicted molar refractivity (Wildman–Crippen MR) is 138 cm³/mol. The first-order chi connectivity index (χ1) is 16.0. The van der Waals surface area contributed by atoms with Gasteiger partial charge >= 0.3 is 0 Å². The Morgan fingerprint density at radius 3 is 2.38 bits per heavy atom. The smallest absolute Gasteiger partial charge is 0.244 e. The van der Waals surface area contributed by atoms with Crippen LogP contribution in [0.4, 0.5) is 5.69 Å².